The first-order valence-corrected chi connectivity index (χ1v) is 7.44. The smallest absolute Gasteiger partial charge is 0.258 e. The molecule has 1 aliphatic heterocycles. The van der Waals surface area contributed by atoms with Crippen molar-refractivity contribution in [3.05, 3.63) is 42.0 Å². The van der Waals surface area contributed by atoms with Gasteiger partial charge in [0.05, 0.1) is 13.2 Å². The SMILES string of the molecule is O=C(Nc1ncn(CC(=O)N2CCOCC2)n1)c1ccc(F)cc1. The van der Waals surface area contributed by atoms with Crippen LogP contribution in [0.3, 0.4) is 0 Å². The third-order valence-electron chi connectivity index (χ3n) is 3.53. The lowest BCUT2D eigenvalue weighted by Gasteiger charge is -2.26. The van der Waals surface area contributed by atoms with Crippen LogP contribution in [0.2, 0.25) is 0 Å². The van der Waals surface area contributed by atoms with Gasteiger partial charge in [-0.25, -0.2) is 14.1 Å². The summed E-state index contributed by atoms with van der Waals surface area (Å²) in [6.45, 7) is 2.22. The highest BCUT2D eigenvalue weighted by atomic mass is 19.1. The standard InChI is InChI=1S/C15H16FN5O3/c16-12-3-1-11(2-4-12)14(23)18-15-17-10-21(19-15)9-13(22)20-5-7-24-8-6-20/h1-4,10H,5-9H2,(H,18,19,23). The van der Waals surface area contributed by atoms with Crippen LogP contribution < -0.4 is 5.32 Å². The molecular formula is C15H16FN5O3. The van der Waals surface area contributed by atoms with Gasteiger partial charge < -0.3 is 9.64 Å². The Labute approximate surface area is 137 Å². The Morgan fingerprint density at radius 3 is 2.62 bits per heavy atom. The maximum atomic E-state index is 12.9. The maximum absolute atomic E-state index is 12.9. The van der Waals surface area contributed by atoms with Crippen LogP contribution in [-0.4, -0.2) is 57.8 Å². The molecule has 1 fully saturated rings. The summed E-state index contributed by atoms with van der Waals surface area (Å²) in [6, 6.07) is 5.12. The number of halogens is 1. The van der Waals surface area contributed by atoms with Crippen molar-refractivity contribution in [2.24, 2.45) is 0 Å². The van der Waals surface area contributed by atoms with Gasteiger partial charge in [-0.2, -0.15) is 0 Å². The van der Waals surface area contributed by atoms with Gasteiger partial charge in [-0.05, 0) is 24.3 Å². The highest BCUT2D eigenvalue weighted by molar-refractivity contribution is 6.03. The number of nitrogens with zero attached hydrogens (tertiary/aromatic N) is 4. The molecule has 2 aromatic rings. The molecule has 0 spiro atoms. The van der Waals surface area contributed by atoms with Crippen LogP contribution >= 0.6 is 0 Å². The topological polar surface area (TPSA) is 89.4 Å². The Bertz CT molecular complexity index is 725. The van der Waals surface area contributed by atoms with Crippen molar-refractivity contribution in [2.75, 3.05) is 31.6 Å². The van der Waals surface area contributed by atoms with Crippen LogP contribution in [0, 0.1) is 5.82 Å². The predicted molar refractivity (Wildman–Crippen MR) is 81.8 cm³/mol. The van der Waals surface area contributed by atoms with Crippen LogP contribution in [0.4, 0.5) is 10.3 Å². The van der Waals surface area contributed by atoms with Crippen molar-refractivity contribution >= 4 is 17.8 Å². The van der Waals surface area contributed by atoms with E-state index in [1.165, 1.54) is 35.3 Å². The molecule has 24 heavy (non-hydrogen) atoms. The van der Waals surface area contributed by atoms with Crippen molar-refractivity contribution in [3.8, 4) is 0 Å². The van der Waals surface area contributed by atoms with Gasteiger partial charge in [-0.15, -0.1) is 5.10 Å². The summed E-state index contributed by atoms with van der Waals surface area (Å²) in [6.07, 6.45) is 1.37. The summed E-state index contributed by atoms with van der Waals surface area (Å²) in [5.41, 5.74) is 0.289. The van der Waals surface area contributed by atoms with Crippen LogP contribution in [0.15, 0.2) is 30.6 Å². The fourth-order valence-electron chi connectivity index (χ4n) is 2.25. The van der Waals surface area contributed by atoms with E-state index in [4.69, 9.17) is 4.74 Å². The fourth-order valence-corrected chi connectivity index (χ4v) is 2.25. The van der Waals surface area contributed by atoms with E-state index in [-0.39, 0.29) is 24.0 Å². The molecule has 0 radical (unpaired) electrons. The molecule has 1 aliphatic rings. The Kier molecular flexibility index (Phi) is 4.80. The average Bonchev–Trinajstić information content (AvgIpc) is 3.03. The molecule has 0 unspecified atom stereocenters. The number of morpholine rings is 1. The average molecular weight is 333 g/mol. The number of rotatable bonds is 4. The minimum atomic E-state index is -0.452. The lowest BCUT2D eigenvalue weighted by Crippen LogP contribution is -2.42. The first-order valence-electron chi connectivity index (χ1n) is 7.44. The van der Waals surface area contributed by atoms with Gasteiger partial charge in [0.15, 0.2) is 0 Å². The molecule has 126 valence electrons. The molecule has 2 amide bonds. The van der Waals surface area contributed by atoms with Crippen molar-refractivity contribution in [2.45, 2.75) is 6.54 Å². The van der Waals surface area contributed by atoms with Gasteiger partial charge >= 0.3 is 0 Å². The Morgan fingerprint density at radius 2 is 1.92 bits per heavy atom. The van der Waals surface area contributed by atoms with Crippen LogP contribution in [0.1, 0.15) is 10.4 Å². The highest BCUT2D eigenvalue weighted by Gasteiger charge is 2.18. The second-order valence-electron chi connectivity index (χ2n) is 5.22. The zero-order valence-electron chi connectivity index (χ0n) is 12.8. The molecule has 9 heteroatoms. The summed E-state index contributed by atoms with van der Waals surface area (Å²) >= 11 is 0. The van der Waals surface area contributed by atoms with Gasteiger partial charge in [0.1, 0.15) is 18.7 Å². The Morgan fingerprint density at radius 1 is 1.21 bits per heavy atom. The van der Waals surface area contributed by atoms with Crippen molar-refractivity contribution < 1.29 is 18.7 Å². The molecule has 0 bridgehead atoms. The molecule has 8 nitrogen and oxygen atoms in total. The number of aromatic nitrogens is 3. The molecule has 1 N–H and O–H groups in total. The third-order valence-corrected chi connectivity index (χ3v) is 3.53. The molecular weight excluding hydrogens is 317 g/mol. The number of ether oxygens (including phenoxy) is 1. The Balaban J connectivity index is 1.57. The third kappa shape index (κ3) is 3.93. The number of carbonyl (C=O) groups excluding carboxylic acids is 2. The maximum Gasteiger partial charge on any atom is 0.258 e. The second kappa shape index (κ2) is 7.18. The molecule has 1 aromatic heterocycles. The number of hydrogen-bond acceptors (Lipinski definition) is 5. The van der Waals surface area contributed by atoms with Crippen molar-refractivity contribution in [1.82, 2.24) is 19.7 Å². The minimum Gasteiger partial charge on any atom is -0.378 e. The van der Waals surface area contributed by atoms with E-state index < -0.39 is 11.7 Å². The van der Waals surface area contributed by atoms with Crippen molar-refractivity contribution in [3.63, 3.8) is 0 Å². The number of amides is 2. The van der Waals surface area contributed by atoms with Gasteiger partial charge in [0.25, 0.3) is 5.91 Å². The first kappa shape index (κ1) is 16.1. The lowest BCUT2D eigenvalue weighted by molar-refractivity contribution is -0.136. The first-order chi connectivity index (χ1) is 11.6. The van der Waals surface area contributed by atoms with Crippen LogP contribution in [-0.2, 0) is 16.1 Å². The van der Waals surface area contributed by atoms with Gasteiger partial charge in [-0.1, -0.05) is 0 Å². The highest BCUT2D eigenvalue weighted by Crippen LogP contribution is 2.06. The number of benzene rings is 1. The minimum absolute atomic E-state index is 0.0411. The summed E-state index contributed by atoms with van der Waals surface area (Å²) in [5, 5.41) is 6.55. The zero-order valence-corrected chi connectivity index (χ0v) is 12.8. The van der Waals surface area contributed by atoms with Gasteiger partial charge in [0.2, 0.25) is 11.9 Å². The predicted octanol–water partition coefficient (Wildman–Crippen LogP) is 0.528. The molecule has 0 aliphatic carbocycles. The van der Waals surface area contributed by atoms with E-state index >= 15 is 0 Å². The van der Waals surface area contributed by atoms with Gasteiger partial charge in [-0.3, -0.25) is 14.9 Å². The zero-order chi connectivity index (χ0) is 16.9. The number of anilines is 1. The second-order valence-corrected chi connectivity index (χ2v) is 5.22. The normalized spacial score (nSPS) is 14.5. The van der Waals surface area contributed by atoms with E-state index in [0.717, 1.165) is 0 Å². The van der Waals surface area contributed by atoms with E-state index in [2.05, 4.69) is 15.4 Å². The largest absolute Gasteiger partial charge is 0.378 e. The summed E-state index contributed by atoms with van der Waals surface area (Å²) in [4.78, 5) is 29.7. The molecule has 0 saturated carbocycles. The number of nitrogens with one attached hydrogen (secondary N) is 1. The molecule has 1 aromatic carbocycles. The van der Waals surface area contributed by atoms with E-state index in [0.29, 0.717) is 26.3 Å². The number of carbonyl (C=O) groups is 2. The van der Waals surface area contributed by atoms with E-state index in [9.17, 15) is 14.0 Å². The quantitative estimate of drug-likeness (QED) is 0.881. The van der Waals surface area contributed by atoms with E-state index in [1.54, 1.807) is 4.90 Å². The lowest BCUT2D eigenvalue weighted by atomic mass is 10.2. The van der Waals surface area contributed by atoms with Crippen molar-refractivity contribution in [1.29, 1.82) is 0 Å². The fraction of sp³-hybridized carbons (Fsp3) is 0.333. The summed E-state index contributed by atoms with van der Waals surface area (Å²) < 4.78 is 19.4. The van der Waals surface area contributed by atoms with Crippen LogP contribution in [0.5, 0.6) is 0 Å². The van der Waals surface area contributed by atoms with E-state index in [1.807, 2.05) is 0 Å². The van der Waals surface area contributed by atoms with Crippen LogP contribution in [0.25, 0.3) is 0 Å². The molecule has 1 saturated heterocycles. The monoisotopic (exact) mass is 333 g/mol. The molecule has 3 rings (SSSR count). The molecule has 0 atom stereocenters. The van der Waals surface area contributed by atoms with Gasteiger partial charge in [0, 0.05) is 18.7 Å². The Hall–Kier alpha value is -2.81. The summed E-state index contributed by atoms with van der Waals surface area (Å²) in [5.74, 6) is -0.874. The number of hydrogen-bond donors (Lipinski definition) is 1. The molecule has 2 heterocycles. The summed E-state index contributed by atoms with van der Waals surface area (Å²) in [7, 11) is 0.